The van der Waals surface area contributed by atoms with Gasteiger partial charge in [-0.05, 0) is 25.0 Å². The molecule has 0 aliphatic heterocycles. The first-order chi connectivity index (χ1) is 8.06. The van der Waals surface area contributed by atoms with Gasteiger partial charge in [-0.15, -0.1) is 0 Å². The van der Waals surface area contributed by atoms with E-state index in [1.165, 1.54) is 7.11 Å². The van der Waals surface area contributed by atoms with Crippen LogP contribution in [0, 0.1) is 6.92 Å². The van der Waals surface area contributed by atoms with E-state index in [1.807, 2.05) is 38.1 Å². The average molecular weight is 236 g/mol. The fourth-order valence-corrected chi connectivity index (χ4v) is 1.73. The van der Waals surface area contributed by atoms with Gasteiger partial charge < -0.3 is 15.8 Å². The van der Waals surface area contributed by atoms with E-state index in [4.69, 9.17) is 10.5 Å². The van der Waals surface area contributed by atoms with Gasteiger partial charge in [0, 0.05) is 7.11 Å². The fraction of sp³-hybridized carbons (Fsp3) is 0.462. The maximum Gasteiger partial charge on any atom is 0.239 e. The lowest BCUT2D eigenvalue weighted by atomic mass is 10.0. The molecule has 4 nitrogen and oxygen atoms in total. The van der Waals surface area contributed by atoms with Crippen LogP contribution in [0.1, 0.15) is 24.1 Å². The van der Waals surface area contributed by atoms with Crippen molar-refractivity contribution in [2.45, 2.75) is 25.9 Å². The van der Waals surface area contributed by atoms with Crippen molar-refractivity contribution in [3.8, 4) is 0 Å². The summed E-state index contributed by atoms with van der Waals surface area (Å²) in [6, 6.07) is 7.29. The van der Waals surface area contributed by atoms with Crippen molar-refractivity contribution in [2.75, 3.05) is 13.7 Å². The average Bonchev–Trinajstić information content (AvgIpc) is 2.29. The van der Waals surface area contributed by atoms with Crippen LogP contribution < -0.4 is 11.1 Å². The van der Waals surface area contributed by atoms with Crippen LogP contribution in [0.5, 0.6) is 0 Å². The SMILES string of the molecule is COCC(N)C(=O)N[C@@H](C)c1ccccc1C. The van der Waals surface area contributed by atoms with Gasteiger partial charge >= 0.3 is 0 Å². The van der Waals surface area contributed by atoms with Gasteiger partial charge in [-0.1, -0.05) is 24.3 Å². The van der Waals surface area contributed by atoms with Crippen molar-refractivity contribution in [1.29, 1.82) is 0 Å². The predicted molar refractivity (Wildman–Crippen MR) is 67.6 cm³/mol. The van der Waals surface area contributed by atoms with Crippen LogP contribution in [0.3, 0.4) is 0 Å². The number of methoxy groups -OCH3 is 1. The minimum absolute atomic E-state index is 0.0494. The molecular formula is C13H20N2O2. The van der Waals surface area contributed by atoms with Crippen LogP contribution in [0.25, 0.3) is 0 Å². The highest BCUT2D eigenvalue weighted by Gasteiger charge is 2.16. The van der Waals surface area contributed by atoms with Gasteiger partial charge in [0.15, 0.2) is 0 Å². The molecule has 1 rings (SSSR count). The van der Waals surface area contributed by atoms with Gasteiger partial charge in [0.2, 0.25) is 5.91 Å². The van der Waals surface area contributed by atoms with E-state index in [0.717, 1.165) is 11.1 Å². The second kappa shape index (κ2) is 6.37. The molecule has 0 bridgehead atoms. The van der Waals surface area contributed by atoms with Gasteiger partial charge in [-0.25, -0.2) is 0 Å². The zero-order valence-electron chi connectivity index (χ0n) is 10.6. The smallest absolute Gasteiger partial charge is 0.239 e. The number of ether oxygens (including phenoxy) is 1. The summed E-state index contributed by atoms with van der Waals surface area (Å²) in [5.41, 5.74) is 7.91. The molecule has 0 saturated heterocycles. The molecule has 0 aromatic heterocycles. The van der Waals surface area contributed by atoms with Crippen molar-refractivity contribution in [3.63, 3.8) is 0 Å². The number of rotatable bonds is 5. The summed E-state index contributed by atoms with van der Waals surface area (Å²) in [5.74, 6) is -0.192. The topological polar surface area (TPSA) is 64.3 Å². The van der Waals surface area contributed by atoms with E-state index in [9.17, 15) is 4.79 Å². The summed E-state index contributed by atoms with van der Waals surface area (Å²) in [6.07, 6.45) is 0. The van der Waals surface area contributed by atoms with E-state index in [2.05, 4.69) is 5.32 Å². The molecule has 0 aliphatic carbocycles. The molecule has 0 heterocycles. The number of hydrogen-bond donors (Lipinski definition) is 2. The molecule has 0 saturated carbocycles. The summed E-state index contributed by atoms with van der Waals surface area (Å²) >= 11 is 0. The lowest BCUT2D eigenvalue weighted by Gasteiger charge is -2.19. The van der Waals surface area contributed by atoms with Crippen molar-refractivity contribution in [3.05, 3.63) is 35.4 Å². The Labute approximate surface area is 102 Å². The molecule has 0 aliphatic rings. The van der Waals surface area contributed by atoms with E-state index < -0.39 is 6.04 Å². The predicted octanol–water partition coefficient (Wildman–Crippen LogP) is 1.15. The Morgan fingerprint density at radius 2 is 2.12 bits per heavy atom. The summed E-state index contributed by atoms with van der Waals surface area (Å²) in [7, 11) is 1.53. The Bertz CT molecular complexity index is 379. The number of benzene rings is 1. The third-order valence-corrected chi connectivity index (χ3v) is 2.70. The van der Waals surface area contributed by atoms with Gasteiger partial charge in [-0.3, -0.25) is 4.79 Å². The first-order valence-corrected chi connectivity index (χ1v) is 5.66. The molecule has 1 amide bonds. The summed E-state index contributed by atoms with van der Waals surface area (Å²) in [6.45, 7) is 4.19. The zero-order chi connectivity index (χ0) is 12.8. The number of carbonyl (C=O) groups is 1. The lowest BCUT2D eigenvalue weighted by molar-refractivity contribution is -0.124. The molecule has 1 aromatic rings. The van der Waals surface area contributed by atoms with Crippen molar-refractivity contribution < 1.29 is 9.53 Å². The monoisotopic (exact) mass is 236 g/mol. The highest BCUT2D eigenvalue weighted by Crippen LogP contribution is 2.16. The van der Waals surface area contributed by atoms with E-state index in [-0.39, 0.29) is 18.6 Å². The van der Waals surface area contributed by atoms with Crippen LogP contribution in [-0.2, 0) is 9.53 Å². The maximum absolute atomic E-state index is 11.7. The van der Waals surface area contributed by atoms with Gasteiger partial charge in [-0.2, -0.15) is 0 Å². The Morgan fingerprint density at radius 1 is 1.47 bits per heavy atom. The molecule has 0 radical (unpaired) electrons. The van der Waals surface area contributed by atoms with Crippen LogP contribution in [0.2, 0.25) is 0 Å². The number of aryl methyl sites for hydroxylation is 1. The van der Waals surface area contributed by atoms with Crippen LogP contribution in [-0.4, -0.2) is 25.7 Å². The number of hydrogen-bond acceptors (Lipinski definition) is 3. The maximum atomic E-state index is 11.7. The first-order valence-electron chi connectivity index (χ1n) is 5.66. The molecule has 0 fully saturated rings. The number of carbonyl (C=O) groups excluding carboxylic acids is 1. The largest absolute Gasteiger partial charge is 0.383 e. The lowest BCUT2D eigenvalue weighted by Crippen LogP contribution is -2.44. The molecule has 2 atom stereocenters. The molecule has 0 spiro atoms. The first kappa shape index (κ1) is 13.7. The third kappa shape index (κ3) is 3.84. The Kier molecular flexibility index (Phi) is 5.12. The molecule has 1 aromatic carbocycles. The minimum atomic E-state index is -0.619. The van der Waals surface area contributed by atoms with E-state index in [1.54, 1.807) is 0 Å². The Hall–Kier alpha value is -1.39. The quantitative estimate of drug-likeness (QED) is 0.806. The Morgan fingerprint density at radius 3 is 2.71 bits per heavy atom. The van der Waals surface area contributed by atoms with E-state index in [0.29, 0.717) is 0 Å². The second-order valence-corrected chi connectivity index (χ2v) is 4.15. The highest BCUT2D eigenvalue weighted by atomic mass is 16.5. The summed E-state index contributed by atoms with van der Waals surface area (Å²) in [4.78, 5) is 11.7. The number of nitrogens with two attached hydrogens (primary N) is 1. The normalized spacial score (nSPS) is 14.1. The number of amides is 1. The highest BCUT2D eigenvalue weighted by molar-refractivity contribution is 5.82. The van der Waals surface area contributed by atoms with Gasteiger partial charge in [0.25, 0.3) is 0 Å². The minimum Gasteiger partial charge on any atom is -0.383 e. The zero-order valence-corrected chi connectivity index (χ0v) is 10.6. The molecule has 94 valence electrons. The van der Waals surface area contributed by atoms with Crippen LogP contribution >= 0.6 is 0 Å². The van der Waals surface area contributed by atoms with E-state index >= 15 is 0 Å². The van der Waals surface area contributed by atoms with Gasteiger partial charge in [0.05, 0.1) is 12.6 Å². The van der Waals surface area contributed by atoms with Crippen molar-refractivity contribution in [2.24, 2.45) is 5.73 Å². The molecule has 3 N–H and O–H groups in total. The molecule has 17 heavy (non-hydrogen) atoms. The number of nitrogens with one attached hydrogen (secondary N) is 1. The summed E-state index contributed by atoms with van der Waals surface area (Å²) in [5, 5.41) is 2.88. The van der Waals surface area contributed by atoms with Crippen molar-refractivity contribution in [1.82, 2.24) is 5.32 Å². The van der Waals surface area contributed by atoms with Gasteiger partial charge in [0.1, 0.15) is 6.04 Å². The van der Waals surface area contributed by atoms with Crippen LogP contribution in [0.15, 0.2) is 24.3 Å². The standard InChI is InChI=1S/C13H20N2O2/c1-9-6-4-5-7-11(9)10(2)15-13(16)12(14)8-17-3/h4-7,10,12H,8,14H2,1-3H3,(H,15,16)/t10-,12?/m0/s1. The fourth-order valence-electron chi connectivity index (χ4n) is 1.73. The third-order valence-electron chi connectivity index (χ3n) is 2.70. The molecule has 4 heteroatoms. The summed E-state index contributed by atoms with van der Waals surface area (Å²) < 4.78 is 4.85. The van der Waals surface area contributed by atoms with Crippen molar-refractivity contribution >= 4 is 5.91 Å². The second-order valence-electron chi connectivity index (χ2n) is 4.15. The Balaban J connectivity index is 2.63. The molecular weight excluding hydrogens is 216 g/mol. The van der Waals surface area contributed by atoms with Crippen LogP contribution in [0.4, 0.5) is 0 Å². The molecule has 1 unspecified atom stereocenters.